The standard InChI is InChI=1S/C42H42N4O10S/c1-18-10-21-11-25-26(13-43)46-27-15-52-41(50)42(40-24(12-22(14-47)44-42)23-8-6-7-9-28(23)56-40)16-57-39(33(46)32(45(25)4)29(21)34(49)35(18)51-5)31-30(27)38-37(53-17-54-38)19(2)36(31)55-20(3)48/h6-10,22,25-27,32-33,39,44,47,49H,11-12,14-17H2,1-5H3/t22-,25+,26-,27+,32+,33-,39-,42+/m0/s1. The minimum absolute atomic E-state index is 0.0352. The molecule has 0 amide bonds. The summed E-state index contributed by atoms with van der Waals surface area (Å²) in [5.41, 5.74) is 4.19. The Bertz CT molecular complexity index is 2450. The first-order valence-electron chi connectivity index (χ1n) is 19.1. The largest absolute Gasteiger partial charge is 0.504 e. The summed E-state index contributed by atoms with van der Waals surface area (Å²) in [4.78, 5) is 32.3. The Morgan fingerprint density at radius 1 is 1.12 bits per heavy atom. The molecule has 2 fully saturated rings. The van der Waals surface area contributed by atoms with Crippen molar-refractivity contribution in [1.82, 2.24) is 15.1 Å². The zero-order valence-corrected chi connectivity index (χ0v) is 32.9. The average Bonchev–Trinajstić information content (AvgIpc) is 3.84. The molecule has 2 saturated heterocycles. The first kappa shape index (κ1) is 36.4. The SMILES string of the molecule is COc1c(C)cc2c(c1O)[C@@H]1[C@H]3[C@H]4SC[C@]5(N[C@H](CO)Cc6c5oc5ccccc65)C(=O)OC[C@H](c5c6c(c(C)c(OC(C)=O)c54)OCO6)N3[C@@H](C#N)[C@@H](C2)N1C. The third-order valence-electron chi connectivity index (χ3n) is 13.0. The number of thioether (sulfide) groups is 1. The Hall–Kier alpha value is -4.98. The molecule has 11 rings (SSSR count). The van der Waals surface area contributed by atoms with Crippen molar-refractivity contribution in [2.75, 3.05) is 39.9 Å². The van der Waals surface area contributed by atoms with Gasteiger partial charge in [0.2, 0.25) is 6.79 Å². The number of hydrogen-bond donors (Lipinski definition) is 3. The number of aliphatic hydroxyl groups is 1. The number of piperazine rings is 1. The number of nitrogens with zero attached hydrogens (tertiary/aromatic N) is 3. The molecular weight excluding hydrogens is 753 g/mol. The number of phenolic OH excluding ortho intramolecular Hbond substituents is 1. The second kappa shape index (κ2) is 13.0. The van der Waals surface area contributed by atoms with Crippen molar-refractivity contribution < 1.29 is 47.9 Å². The molecule has 14 nitrogen and oxygen atoms in total. The molecule has 1 aromatic heterocycles. The van der Waals surface area contributed by atoms with Crippen LogP contribution in [0.4, 0.5) is 0 Å². The van der Waals surface area contributed by atoms with Gasteiger partial charge in [-0.1, -0.05) is 24.3 Å². The van der Waals surface area contributed by atoms with Gasteiger partial charge in [-0.05, 0) is 50.9 Å². The zero-order valence-electron chi connectivity index (χ0n) is 32.1. The third kappa shape index (κ3) is 4.91. The lowest BCUT2D eigenvalue weighted by molar-refractivity contribution is -0.158. The smallest absolute Gasteiger partial charge is 0.335 e. The topological polar surface area (TPSA) is 176 Å². The molecule has 8 heterocycles. The number of esters is 2. The Labute approximate surface area is 332 Å². The van der Waals surface area contributed by atoms with Crippen LogP contribution in [0.3, 0.4) is 0 Å². The minimum Gasteiger partial charge on any atom is -0.504 e. The summed E-state index contributed by atoms with van der Waals surface area (Å²) < 4.78 is 37.3. The first-order chi connectivity index (χ1) is 27.5. The van der Waals surface area contributed by atoms with Crippen LogP contribution in [0, 0.1) is 25.2 Å². The molecule has 296 valence electrons. The van der Waals surface area contributed by atoms with Gasteiger partial charge in [0, 0.05) is 64.0 Å². The quantitative estimate of drug-likeness (QED) is 0.197. The highest BCUT2D eigenvalue weighted by Gasteiger charge is 2.62. The van der Waals surface area contributed by atoms with Crippen molar-refractivity contribution in [3.8, 4) is 34.8 Å². The second-order valence-electron chi connectivity index (χ2n) is 15.9. The van der Waals surface area contributed by atoms with E-state index in [9.17, 15) is 25.1 Å². The monoisotopic (exact) mass is 794 g/mol. The van der Waals surface area contributed by atoms with E-state index >= 15 is 0 Å². The second-order valence-corrected chi connectivity index (χ2v) is 17.0. The van der Waals surface area contributed by atoms with E-state index in [-0.39, 0.29) is 37.6 Å². The van der Waals surface area contributed by atoms with Crippen molar-refractivity contribution in [2.24, 2.45) is 0 Å². The number of aromatic hydroxyl groups is 1. The van der Waals surface area contributed by atoms with E-state index in [1.165, 1.54) is 25.8 Å². The predicted octanol–water partition coefficient (Wildman–Crippen LogP) is 4.38. The fraction of sp³-hybridized carbons (Fsp3) is 0.452. The molecule has 3 N–H and O–H groups in total. The van der Waals surface area contributed by atoms with E-state index in [2.05, 4.69) is 21.2 Å². The summed E-state index contributed by atoms with van der Waals surface area (Å²) in [5, 5.41) is 37.6. The van der Waals surface area contributed by atoms with Crippen LogP contribution in [0.1, 0.15) is 69.0 Å². The van der Waals surface area contributed by atoms with E-state index in [0.29, 0.717) is 69.4 Å². The minimum atomic E-state index is -1.54. The van der Waals surface area contributed by atoms with Gasteiger partial charge in [0.25, 0.3) is 0 Å². The number of likely N-dealkylation sites (N-methyl/N-ethyl adjacent to an activating group) is 1. The van der Waals surface area contributed by atoms with Crippen LogP contribution >= 0.6 is 11.8 Å². The lowest BCUT2D eigenvalue weighted by Crippen LogP contribution is -2.69. The molecule has 8 atom stereocenters. The van der Waals surface area contributed by atoms with Crippen LogP contribution in [-0.2, 0) is 32.7 Å². The average molecular weight is 795 g/mol. The highest BCUT2D eigenvalue weighted by Crippen LogP contribution is 2.64. The molecule has 15 heteroatoms. The molecule has 0 saturated carbocycles. The number of para-hydroxylation sites is 1. The van der Waals surface area contributed by atoms with Gasteiger partial charge in [0.05, 0.1) is 37.1 Å². The highest BCUT2D eigenvalue weighted by molar-refractivity contribution is 7.99. The van der Waals surface area contributed by atoms with Gasteiger partial charge in [-0.2, -0.15) is 5.26 Å². The molecule has 0 radical (unpaired) electrons. The normalized spacial score (nSPS) is 29.8. The third-order valence-corrected chi connectivity index (χ3v) is 14.4. The molecule has 57 heavy (non-hydrogen) atoms. The maximum absolute atomic E-state index is 15.0. The van der Waals surface area contributed by atoms with Crippen LogP contribution in [-0.4, -0.2) is 96.0 Å². The summed E-state index contributed by atoms with van der Waals surface area (Å²) in [6.07, 6.45) is 0.913. The number of nitrogens with one attached hydrogen (secondary N) is 1. The zero-order chi connectivity index (χ0) is 39.7. The van der Waals surface area contributed by atoms with E-state index in [1.807, 2.05) is 51.2 Å². The molecular formula is C42H42N4O10S. The summed E-state index contributed by atoms with van der Waals surface area (Å²) in [5.74, 6) is 0.996. The molecule has 4 bridgehead atoms. The summed E-state index contributed by atoms with van der Waals surface area (Å²) in [6, 6.07) is 8.95. The van der Waals surface area contributed by atoms with Gasteiger partial charge >= 0.3 is 11.9 Å². The number of carbonyl (C=O) groups excluding carboxylic acids is 2. The van der Waals surface area contributed by atoms with E-state index in [4.69, 9.17) is 28.1 Å². The summed E-state index contributed by atoms with van der Waals surface area (Å²) in [6.45, 7) is 4.56. The predicted molar refractivity (Wildman–Crippen MR) is 206 cm³/mol. The van der Waals surface area contributed by atoms with Crippen molar-refractivity contribution in [3.05, 3.63) is 75.0 Å². The number of carbonyl (C=O) groups is 2. The van der Waals surface area contributed by atoms with Crippen molar-refractivity contribution in [1.29, 1.82) is 5.26 Å². The molecule has 0 unspecified atom stereocenters. The highest BCUT2D eigenvalue weighted by atomic mass is 32.2. The van der Waals surface area contributed by atoms with E-state index in [0.717, 1.165) is 22.1 Å². The summed E-state index contributed by atoms with van der Waals surface area (Å²) >= 11 is 1.45. The van der Waals surface area contributed by atoms with Gasteiger partial charge in [0.15, 0.2) is 28.5 Å². The molecule has 0 aliphatic carbocycles. The van der Waals surface area contributed by atoms with Crippen molar-refractivity contribution >= 4 is 34.7 Å². The first-order valence-corrected chi connectivity index (χ1v) is 20.2. The number of phenols is 1. The Kier molecular flexibility index (Phi) is 8.31. The van der Waals surface area contributed by atoms with Gasteiger partial charge in [-0.3, -0.25) is 19.9 Å². The lowest BCUT2D eigenvalue weighted by Gasteiger charge is -2.62. The number of ether oxygens (including phenoxy) is 5. The van der Waals surface area contributed by atoms with Gasteiger partial charge < -0.3 is 38.3 Å². The van der Waals surface area contributed by atoms with E-state index in [1.54, 1.807) is 0 Å². The maximum Gasteiger partial charge on any atom is 0.335 e. The van der Waals surface area contributed by atoms with Gasteiger partial charge in [-0.25, -0.2) is 4.79 Å². The van der Waals surface area contributed by atoms with Crippen LogP contribution in [0.15, 0.2) is 34.7 Å². The number of benzene rings is 3. The molecule has 7 aliphatic rings. The number of aryl methyl sites for hydroxylation is 1. The molecule has 1 spiro atoms. The molecule has 3 aromatic carbocycles. The Balaban J connectivity index is 1.26. The number of aliphatic hydroxyl groups excluding tert-OH is 1. The number of methoxy groups -OCH3 is 1. The van der Waals surface area contributed by atoms with Crippen LogP contribution in [0.2, 0.25) is 0 Å². The van der Waals surface area contributed by atoms with Crippen LogP contribution in [0.5, 0.6) is 28.7 Å². The fourth-order valence-corrected chi connectivity index (χ4v) is 12.4. The number of furan rings is 1. The number of rotatable bonds is 3. The molecule has 4 aromatic rings. The number of hydrogen-bond acceptors (Lipinski definition) is 15. The van der Waals surface area contributed by atoms with E-state index < -0.39 is 52.9 Å². The van der Waals surface area contributed by atoms with Crippen LogP contribution in [0.25, 0.3) is 11.0 Å². The Morgan fingerprint density at radius 3 is 2.67 bits per heavy atom. The number of fused-ring (bicyclic) bond motifs is 11. The fourth-order valence-electron chi connectivity index (χ4n) is 10.7. The van der Waals surface area contributed by atoms with Gasteiger partial charge in [-0.15, -0.1) is 11.8 Å². The van der Waals surface area contributed by atoms with Crippen LogP contribution < -0.4 is 24.3 Å². The maximum atomic E-state index is 15.0. The Morgan fingerprint density at radius 2 is 1.91 bits per heavy atom. The lowest BCUT2D eigenvalue weighted by atomic mass is 9.71. The van der Waals surface area contributed by atoms with Gasteiger partial charge in [0.1, 0.15) is 29.7 Å². The molecule has 7 aliphatic heterocycles. The number of nitriles is 1. The van der Waals surface area contributed by atoms with Crippen molar-refractivity contribution in [3.63, 3.8) is 0 Å². The van der Waals surface area contributed by atoms with Crippen molar-refractivity contribution in [2.45, 2.75) is 80.7 Å². The summed E-state index contributed by atoms with van der Waals surface area (Å²) in [7, 11) is 3.52.